The first-order valence-electron chi connectivity index (χ1n) is 5.08. The molecule has 0 aliphatic heterocycles. The van der Waals surface area contributed by atoms with Crippen LogP contribution >= 0.6 is 27.5 Å². The van der Waals surface area contributed by atoms with E-state index in [9.17, 15) is 9.18 Å². The van der Waals surface area contributed by atoms with Crippen LogP contribution in [0.2, 0.25) is 5.02 Å². The molecule has 5 heteroatoms. The van der Waals surface area contributed by atoms with Crippen molar-refractivity contribution in [3.05, 3.63) is 63.3 Å². The molecule has 92 valence electrons. The fourth-order valence-corrected chi connectivity index (χ4v) is 2.20. The molecular weight excluding hydrogens is 321 g/mol. The van der Waals surface area contributed by atoms with E-state index < -0.39 is 5.82 Å². The van der Waals surface area contributed by atoms with Gasteiger partial charge in [0.25, 0.3) is 5.91 Å². The number of anilines is 1. The van der Waals surface area contributed by atoms with Crippen molar-refractivity contribution in [3.63, 3.8) is 0 Å². The van der Waals surface area contributed by atoms with Crippen molar-refractivity contribution in [2.75, 3.05) is 5.32 Å². The Labute approximate surface area is 117 Å². The van der Waals surface area contributed by atoms with Crippen molar-refractivity contribution < 1.29 is 9.18 Å². The van der Waals surface area contributed by atoms with E-state index in [1.54, 1.807) is 24.3 Å². The Balaban J connectivity index is 2.21. The zero-order chi connectivity index (χ0) is 13.1. The number of carbonyl (C=O) groups is 1. The molecule has 1 N–H and O–H groups in total. The van der Waals surface area contributed by atoms with Gasteiger partial charge in [0.1, 0.15) is 5.82 Å². The third kappa shape index (κ3) is 3.09. The molecule has 0 spiro atoms. The number of amides is 1. The Morgan fingerprint density at radius 1 is 1.22 bits per heavy atom. The molecule has 2 aromatic carbocycles. The molecule has 0 heterocycles. The molecule has 2 aromatic rings. The Morgan fingerprint density at radius 2 is 2.00 bits per heavy atom. The monoisotopic (exact) mass is 327 g/mol. The van der Waals surface area contributed by atoms with Crippen LogP contribution < -0.4 is 5.32 Å². The van der Waals surface area contributed by atoms with Gasteiger partial charge in [-0.1, -0.05) is 17.7 Å². The van der Waals surface area contributed by atoms with E-state index in [1.165, 1.54) is 18.2 Å². The highest BCUT2D eigenvalue weighted by molar-refractivity contribution is 9.10. The molecule has 0 fully saturated rings. The number of halogens is 3. The first kappa shape index (κ1) is 13.1. The van der Waals surface area contributed by atoms with Crippen molar-refractivity contribution >= 4 is 39.1 Å². The van der Waals surface area contributed by atoms with E-state index in [-0.39, 0.29) is 11.5 Å². The highest BCUT2D eigenvalue weighted by Crippen LogP contribution is 2.26. The SMILES string of the molecule is O=C(Nc1ccc(Cl)cc1Br)c1cccc(F)c1. The molecule has 0 bridgehead atoms. The second-order valence-corrected chi connectivity index (χ2v) is 4.88. The van der Waals surface area contributed by atoms with Crippen LogP contribution in [0, 0.1) is 5.82 Å². The van der Waals surface area contributed by atoms with E-state index in [2.05, 4.69) is 21.2 Å². The average Bonchev–Trinajstić information content (AvgIpc) is 2.32. The van der Waals surface area contributed by atoms with Gasteiger partial charge in [-0.15, -0.1) is 0 Å². The summed E-state index contributed by atoms with van der Waals surface area (Å²) in [6, 6.07) is 10.5. The van der Waals surface area contributed by atoms with Gasteiger partial charge in [0.2, 0.25) is 0 Å². The van der Waals surface area contributed by atoms with Crippen LogP contribution in [0.25, 0.3) is 0 Å². The third-order valence-electron chi connectivity index (χ3n) is 2.27. The van der Waals surface area contributed by atoms with Crippen LogP contribution in [0.3, 0.4) is 0 Å². The topological polar surface area (TPSA) is 29.1 Å². The van der Waals surface area contributed by atoms with Crippen molar-refractivity contribution in [3.8, 4) is 0 Å². The average molecular weight is 329 g/mol. The predicted molar refractivity (Wildman–Crippen MR) is 73.5 cm³/mol. The molecular formula is C13H8BrClFNO. The first-order valence-corrected chi connectivity index (χ1v) is 6.25. The Bertz CT molecular complexity index is 603. The summed E-state index contributed by atoms with van der Waals surface area (Å²) < 4.78 is 13.7. The fraction of sp³-hybridized carbons (Fsp3) is 0. The number of hydrogen-bond acceptors (Lipinski definition) is 1. The summed E-state index contributed by atoms with van der Waals surface area (Å²) in [4.78, 5) is 11.9. The van der Waals surface area contributed by atoms with Gasteiger partial charge in [-0.2, -0.15) is 0 Å². The molecule has 0 aromatic heterocycles. The van der Waals surface area contributed by atoms with E-state index >= 15 is 0 Å². The molecule has 2 nitrogen and oxygen atoms in total. The normalized spacial score (nSPS) is 10.2. The lowest BCUT2D eigenvalue weighted by Crippen LogP contribution is -2.12. The summed E-state index contributed by atoms with van der Waals surface area (Å²) in [7, 11) is 0. The number of benzene rings is 2. The van der Waals surface area contributed by atoms with Crippen LogP contribution in [0.4, 0.5) is 10.1 Å². The summed E-state index contributed by atoms with van der Waals surface area (Å²) in [6.45, 7) is 0. The minimum atomic E-state index is -0.446. The largest absolute Gasteiger partial charge is 0.321 e. The van der Waals surface area contributed by atoms with E-state index in [4.69, 9.17) is 11.6 Å². The van der Waals surface area contributed by atoms with Gasteiger partial charge < -0.3 is 5.32 Å². The standard InChI is InChI=1S/C13H8BrClFNO/c14-11-7-9(15)4-5-12(11)17-13(18)8-2-1-3-10(16)6-8/h1-7H,(H,17,18). The van der Waals surface area contributed by atoms with Crippen molar-refractivity contribution in [2.24, 2.45) is 0 Å². The molecule has 0 aliphatic carbocycles. The zero-order valence-electron chi connectivity index (χ0n) is 9.08. The van der Waals surface area contributed by atoms with E-state index in [0.29, 0.717) is 15.2 Å². The second-order valence-electron chi connectivity index (χ2n) is 3.59. The highest BCUT2D eigenvalue weighted by atomic mass is 79.9. The van der Waals surface area contributed by atoms with Crippen molar-refractivity contribution in [1.82, 2.24) is 0 Å². The number of carbonyl (C=O) groups excluding carboxylic acids is 1. The van der Waals surface area contributed by atoms with Crippen LogP contribution in [0.1, 0.15) is 10.4 Å². The molecule has 0 radical (unpaired) electrons. The molecule has 0 saturated heterocycles. The van der Waals surface area contributed by atoms with Gasteiger partial charge in [0, 0.05) is 15.1 Å². The summed E-state index contributed by atoms with van der Waals surface area (Å²) in [5.41, 5.74) is 0.838. The zero-order valence-corrected chi connectivity index (χ0v) is 11.4. The molecule has 0 aliphatic rings. The summed E-state index contributed by atoms with van der Waals surface area (Å²) >= 11 is 9.09. The molecule has 0 atom stereocenters. The minimum Gasteiger partial charge on any atom is -0.321 e. The number of rotatable bonds is 2. The summed E-state index contributed by atoms with van der Waals surface area (Å²) in [5.74, 6) is -0.824. The van der Waals surface area contributed by atoms with Crippen molar-refractivity contribution in [1.29, 1.82) is 0 Å². The Hall–Kier alpha value is -1.39. The second kappa shape index (κ2) is 5.50. The summed E-state index contributed by atoms with van der Waals surface area (Å²) in [5, 5.41) is 3.23. The van der Waals surface area contributed by atoms with E-state index in [1.807, 2.05) is 0 Å². The van der Waals surface area contributed by atoms with Crippen LogP contribution in [0.15, 0.2) is 46.9 Å². The fourth-order valence-electron chi connectivity index (χ4n) is 1.42. The number of nitrogens with one attached hydrogen (secondary N) is 1. The van der Waals surface area contributed by atoms with Crippen LogP contribution in [-0.2, 0) is 0 Å². The third-order valence-corrected chi connectivity index (χ3v) is 3.16. The molecule has 1 amide bonds. The molecule has 0 unspecified atom stereocenters. The first-order chi connectivity index (χ1) is 8.56. The van der Waals surface area contributed by atoms with E-state index in [0.717, 1.165) is 0 Å². The van der Waals surface area contributed by atoms with Gasteiger partial charge in [-0.25, -0.2) is 4.39 Å². The van der Waals surface area contributed by atoms with Crippen LogP contribution in [-0.4, -0.2) is 5.91 Å². The van der Waals surface area contributed by atoms with Crippen molar-refractivity contribution in [2.45, 2.75) is 0 Å². The predicted octanol–water partition coefficient (Wildman–Crippen LogP) is 4.49. The maximum absolute atomic E-state index is 13.0. The molecule has 0 saturated carbocycles. The highest BCUT2D eigenvalue weighted by Gasteiger charge is 2.09. The summed E-state index contributed by atoms with van der Waals surface area (Å²) in [6.07, 6.45) is 0. The smallest absolute Gasteiger partial charge is 0.255 e. The van der Waals surface area contributed by atoms with Crippen LogP contribution in [0.5, 0.6) is 0 Å². The van der Waals surface area contributed by atoms with Gasteiger partial charge in [-0.3, -0.25) is 4.79 Å². The molecule has 2 rings (SSSR count). The number of hydrogen-bond donors (Lipinski definition) is 1. The minimum absolute atomic E-state index is 0.261. The quantitative estimate of drug-likeness (QED) is 0.864. The lowest BCUT2D eigenvalue weighted by atomic mass is 10.2. The molecule has 18 heavy (non-hydrogen) atoms. The Kier molecular flexibility index (Phi) is 3.99. The maximum atomic E-state index is 13.0. The Morgan fingerprint density at radius 3 is 2.67 bits per heavy atom. The van der Waals surface area contributed by atoms with Gasteiger partial charge in [-0.05, 0) is 52.3 Å². The van der Waals surface area contributed by atoms with Gasteiger partial charge in [0.05, 0.1) is 5.69 Å². The lowest BCUT2D eigenvalue weighted by molar-refractivity contribution is 0.102. The van der Waals surface area contributed by atoms with Gasteiger partial charge in [0.15, 0.2) is 0 Å². The maximum Gasteiger partial charge on any atom is 0.255 e. The van der Waals surface area contributed by atoms with Gasteiger partial charge >= 0.3 is 0 Å². The lowest BCUT2D eigenvalue weighted by Gasteiger charge is -2.07.